The first-order chi connectivity index (χ1) is 21.9. The Hall–Kier alpha value is -4.08. The summed E-state index contributed by atoms with van der Waals surface area (Å²) in [7, 11) is 7.49. The van der Waals surface area contributed by atoms with Gasteiger partial charge in [-0.2, -0.15) is 0 Å². The van der Waals surface area contributed by atoms with Gasteiger partial charge < -0.3 is 38.2 Å². The number of ether oxygens (including phenoxy) is 6. The Morgan fingerprint density at radius 1 is 0.565 bits per heavy atom. The summed E-state index contributed by atoms with van der Waals surface area (Å²) in [6.07, 6.45) is 8.74. The second-order valence-electron chi connectivity index (χ2n) is 9.45. The molecule has 15 nitrogen and oxygen atoms in total. The van der Waals surface area contributed by atoms with Crippen molar-refractivity contribution in [1.82, 2.24) is 14.7 Å². The number of nitrogens with zero attached hydrogens (tertiary/aromatic N) is 3. The average molecular weight is 658 g/mol. The fourth-order valence-corrected chi connectivity index (χ4v) is 3.18. The van der Waals surface area contributed by atoms with Gasteiger partial charge in [0.1, 0.15) is 19.8 Å². The number of likely N-dealkylation sites (tertiary alicyclic amines) is 1. The van der Waals surface area contributed by atoms with Crippen LogP contribution in [-0.2, 0) is 57.2 Å². The van der Waals surface area contributed by atoms with Crippen molar-refractivity contribution < 1.29 is 57.2 Å². The molecule has 0 aromatic carbocycles. The van der Waals surface area contributed by atoms with Crippen molar-refractivity contribution >= 4 is 35.8 Å². The molecule has 15 heteroatoms. The normalized spacial score (nSPS) is 12.7. The largest absolute Gasteiger partial charge is 0.466 e. The van der Waals surface area contributed by atoms with Gasteiger partial charge >= 0.3 is 35.8 Å². The molecule has 1 aliphatic heterocycles. The zero-order valence-corrected chi connectivity index (χ0v) is 28.2. The maximum Gasteiger partial charge on any atom is 0.331 e. The molecule has 262 valence electrons. The van der Waals surface area contributed by atoms with Crippen LogP contribution in [-0.4, -0.2) is 152 Å². The molecule has 0 saturated carbocycles. The lowest BCUT2D eigenvalue weighted by Gasteiger charge is -2.16. The lowest BCUT2D eigenvalue weighted by atomic mass is 10.4. The molecule has 0 radical (unpaired) electrons. The molecule has 0 atom stereocenters. The predicted octanol–water partition coefficient (Wildman–Crippen LogP) is 0.776. The minimum atomic E-state index is -0.574. The SMILES string of the molecule is CCN(CC)CCOC(=O)/C=C/C(=O)OC.COC(=O)/C=C/C(=O)OCCN(C)C.COC(=O)/C=C/C(=O)OCCN1CCCC1. The van der Waals surface area contributed by atoms with Crippen LogP contribution in [0.4, 0.5) is 0 Å². The van der Waals surface area contributed by atoms with Crippen molar-refractivity contribution in [1.29, 1.82) is 0 Å². The smallest absolute Gasteiger partial charge is 0.331 e. The van der Waals surface area contributed by atoms with E-state index in [-0.39, 0.29) is 0 Å². The molecule has 0 aromatic rings. The zero-order chi connectivity index (χ0) is 35.2. The van der Waals surface area contributed by atoms with Crippen LogP contribution >= 0.6 is 0 Å². The number of rotatable bonds is 17. The summed E-state index contributed by atoms with van der Waals surface area (Å²) < 4.78 is 27.6. The first-order valence-corrected chi connectivity index (χ1v) is 14.8. The minimum absolute atomic E-state index is 0.303. The molecule has 0 spiro atoms. The molecule has 1 fully saturated rings. The van der Waals surface area contributed by atoms with Crippen LogP contribution in [0.1, 0.15) is 26.7 Å². The van der Waals surface area contributed by atoms with Gasteiger partial charge in [-0.3, -0.25) is 4.90 Å². The van der Waals surface area contributed by atoms with E-state index in [1.54, 1.807) is 0 Å². The number of hydrogen-bond acceptors (Lipinski definition) is 15. The van der Waals surface area contributed by atoms with E-state index in [0.29, 0.717) is 32.9 Å². The molecule has 0 aliphatic carbocycles. The van der Waals surface area contributed by atoms with Crippen molar-refractivity contribution in [3.05, 3.63) is 36.5 Å². The highest BCUT2D eigenvalue weighted by atomic mass is 16.5. The van der Waals surface area contributed by atoms with Crippen LogP contribution < -0.4 is 0 Å². The minimum Gasteiger partial charge on any atom is -0.466 e. The van der Waals surface area contributed by atoms with Crippen LogP contribution in [0.25, 0.3) is 0 Å². The van der Waals surface area contributed by atoms with Crippen LogP contribution in [0, 0.1) is 0 Å². The average Bonchev–Trinajstić information content (AvgIpc) is 3.57. The van der Waals surface area contributed by atoms with E-state index in [9.17, 15) is 28.8 Å². The molecule has 0 amide bonds. The summed E-state index contributed by atoms with van der Waals surface area (Å²) in [6, 6.07) is 0. The van der Waals surface area contributed by atoms with Crippen molar-refractivity contribution in [2.75, 3.05) is 101 Å². The highest BCUT2D eigenvalue weighted by Crippen LogP contribution is 2.06. The molecule has 0 aromatic heterocycles. The molecular weight excluding hydrogens is 606 g/mol. The summed E-state index contributed by atoms with van der Waals surface area (Å²) in [4.78, 5) is 71.3. The highest BCUT2D eigenvalue weighted by molar-refractivity contribution is 5.92. The molecule has 0 N–H and O–H groups in total. The van der Waals surface area contributed by atoms with E-state index in [1.807, 2.05) is 32.8 Å². The quantitative estimate of drug-likeness (QED) is 0.122. The Morgan fingerprint density at radius 3 is 1.26 bits per heavy atom. The van der Waals surface area contributed by atoms with E-state index in [0.717, 1.165) is 69.2 Å². The number of carbonyl (C=O) groups is 6. The number of carbonyl (C=O) groups excluding carboxylic acids is 6. The van der Waals surface area contributed by atoms with Gasteiger partial charge in [-0.1, -0.05) is 13.8 Å². The van der Waals surface area contributed by atoms with Gasteiger partial charge in [-0.25, -0.2) is 28.8 Å². The van der Waals surface area contributed by atoms with E-state index >= 15 is 0 Å². The fraction of sp³-hybridized carbons (Fsp3) is 0.613. The lowest BCUT2D eigenvalue weighted by Crippen LogP contribution is -2.27. The number of likely N-dealkylation sites (N-methyl/N-ethyl adjacent to an activating group) is 2. The van der Waals surface area contributed by atoms with Gasteiger partial charge in [0.05, 0.1) is 21.3 Å². The second-order valence-corrected chi connectivity index (χ2v) is 9.45. The van der Waals surface area contributed by atoms with Gasteiger partial charge in [-0.05, 0) is 53.1 Å². The summed E-state index contributed by atoms with van der Waals surface area (Å²) >= 11 is 0. The van der Waals surface area contributed by atoms with Gasteiger partial charge in [0.2, 0.25) is 0 Å². The number of hydrogen-bond donors (Lipinski definition) is 0. The van der Waals surface area contributed by atoms with Crippen molar-refractivity contribution in [3.8, 4) is 0 Å². The fourth-order valence-electron chi connectivity index (χ4n) is 3.18. The topological polar surface area (TPSA) is 168 Å². The maximum absolute atomic E-state index is 11.1. The summed E-state index contributed by atoms with van der Waals surface area (Å²) in [5.74, 6) is -3.29. The third-order valence-corrected chi connectivity index (χ3v) is 5.85. The van der Waals surface area contributed by atoms with E-state index in [2.05, 4.69) is 24.0 Å². The molecular formula is C31H51N3O12. The van der Waals surface area contributed by atoms with Crippen LogP contribution in [0.2, 0.25) is 0 Å². The molecule has 1 saturated heterocycles. The monoisotopic (exact) mass is 657 g/mol. The molecule has 46 heavy (non-hydrogen) atoms. The number of methoxy groups -OCH3 is 3. The standard InChI is InChI=1S/C11H17NO4.C11H19NO4.C9H15NO4/c1-15-10(13)4-5-11(14)16-9-8-12-6-2-3-7-12;1-4-12(5-2)8-9-16-11(14)7-6-10(13)15-3;1-10(2)6-7-14-9(12)5-4-8(11)13-3/h4-5H,2-3,6-9H2,1H3;6-7H,4-5,8-9H2,1-3H3;4-5H,6-7H2,1-3H3/b5-4+;7-6+;5-4+. The van der Waals surface area contributed by atoms with E-state index in [1.165, 1.54) is 34.2 Å². The molecule has 0 bridgehead atoms. The first-order valence-electron chi connectivity index (χ1n) is 14.8. The van der Waals surface area contributed by atoms with Gasteiger partial charge in [0.15, 0.2) is 0 Å². The van der Waals surface area contributed by atoms with Crippen molar-refractivity contribution in [2.45, 2.75) is 26.7 Å². The maximum atomic E-state index is 11.1. The molecule has 1 rings (SSSR count). The first kappa shape index (κ1) is 44.0. The molecule has 1 aliphatic rings. The Bertz CT molecular complexity index is 943. The van der Waals surface area contributed by atoms with E-state index < -0.39 is 35.8 Å². The Labute approximate surface area is 272 Å². The van der Waals surface area contributed by atoms with Gasteiger partial charge in [0.25, 0.3) is 0 Å². The third-order valence-electron chi connectivity index (χ3n) is 5.85. The summed E-state index contributed by atoms with van der Waals surface area (Å²) in [5, 5.41) is 0. The predicted molar refractivity (Wildman–Crippen MR) is 168 cm³/mol. The third kappa shape index (κ3) is 28.7. The highest BCUT2D eigenvalue weighted by Gasteiger charge is 2.11. The molecule has 1 heterocycles. The zero-order valence-electron chi connectivity index (χ0n) is 28.2. The Morgan fingerprint density at radius 2 is 0.913 bits per heavy atom. The van der Waals surface area contributed by atoms with Gasteiger partial charge in [-0.15, -0.1) is 0 Å². The lowest BCUT2D eigenvalue weighted by molar-refractivity contribution is -0.139. The van der Waals surface area contributed by atoms with Crippen LogP contribution in [0.5, 0.6) is 0 Å². The van der Waals surface area contributed by atoms with Crippen molar-refractivity contribution in [3.63, 3.8) is 0 Å². The second kappa shape index (κ2) is 29.6. The van der Waals surface area contributed by atoms with E-state index in [4.69, 9.17) is 14.2 Å². The molecule has 0 unspecified atom stereocenters. The number of esters is 6. The van der Waals surface area contributed by atoms with Crippen LogP contribution in [0.15, 0.2) is 36.5 Å². The van der Waals surface area contributed by atoms with Crippen molar-refractivity contribution in [2.24, 2.45) is 0 Å². The Kier molecular flexibility index (Phi) is 28.4. The summed E-state index contributed by atoms with van der Waals surface area (Å²) in [5.41, 5.74) is 0. The van der Waals surface area contributed by atoms with Gasteiger partial charge in [0, 0.05) is 56.1 Å². The summed E-state index contributed by atoms with van der Waals surface area (Å²) in [6.45, 7) is 11.2. The Balaban J connectivity index is 0. The van der Waals surface area contributed by atoms with Crippen LogP contribution in [0.3, 0.4) is 0 Å².